The number of carbonyl (C=O) groups is 2. The van der Waals surface area contributed by atoms with E-state index in [2.05, 4.69) is 15.6 Å². The van der Waals surface area contributed by atoms with Gasteiger partial charge in [-0.25, -0.2) is 0 Å². The summed E-state index contributed by atoms with van der Waals surface area (Å²) in [7, 11) is -5.75. The maximum Gasteiger partial charge on any atom is 0.475 e. The SMILES string of the molecule is NC(N)=NCCCC(NC(=O)C1(C(=O)NCCc2ccccc2)CCCC1)B(O)O.O=S(=O)(O)c1ccccc1. The van der Waals surface area contributed by atoms with Crippen LogP contribution in [0.25, 0.3) is 0 Å². The van der Waals surface area contributed by atoms with Crippen molar-refractivity contribution in [3.63, 3.8) is 0 Å². The van der Waals surface area contributed by atoms with Crippen LogP contribution in [0.1, 0.15) is 44.1 Å². The summed E-state index contributed by atoms with van der Waals surface area (Å²) in [6.07, 6.45) is 3.83. The monoisotopic (exact) mass is 575 g/mol. The Bertz CT molecular complexity index is 1200. The van der Waals surface area contributed by atoms with Crippen LogP contribution >= 0.6 is 0 Å². The number of hydrogen-bond donors (Lipinski definition) is 7. The highest BCUT2D eigenvalue weighted by atomic mass is 32.2. The zero-order valence-electron chi connectivity index (χ0n) is 22.3. The number of rotatable bonds is 12. The first-order valence-electron chi connectivity index (χ1n) is 13.0. The maximum atomic E-state index is 13.0. The quantitative estimate of drug-likeness (QED) is 0.0464. The van der Waals surface area contributed by atoms with Crippen molar-refractivity contribution < 1.29 is 32.6 Å². The number of benzene rings is 2. The molecule has 1 aliphatic rings. The summed E-state index contributed by atoms with van der Waals surface area (Å²) in [5, 5.41) is 24.9. The van der Waals surface area contributed by atoms with E-state index in [-0.39, 0.29) is 23.2 Å². The molecule has 12 nitrogen and oxygen atoms in total. The molecular formula is C26H38BN5O7S. The normalized spacial score (nSPS) is 14.7. The van der Waals surface area contributed by atoms with Crippen molar-refractivity contribution in [3.8, 4) is 0 Å². The Morgan fingerprint density at radius 2 is 1.55 bits per heavy atom. The largest absolute Gasteiger partial charge is 0.475 e. The average molecular weight is 575 g/mol. The predicted octanol–water partition coefficient (Wildman–Crippen LogP) is 0.389. The van der Waals surface area contributed by atoms with E-state index in [0.29, 0.717) is 38.8 Å². The van der Waals surface area contributed by atoms with Crippen molar-refractivity contribution in [2.24, 2.45) is 21.9 Å². The lowest BCUT2D eigenvalue weighted by atomic mass is 9.75. The number of aliphatic imine (C=N–C) groups is 1. The van der Waals surface area contributed by atoms with Crippen LogP contribution in [0.15, 0.2) is 70.6 Å². The van der Waals surface area contributed by atoms with E-state index in [1.807, 2.05) is 30.3 Å². The van der Waals surface area contributed by atoms with Crippen molar-refractivity contribution >= 4 is 35.0 Å². The summed E-state index contributed by atoms with van der Waals surface area (Å²) < 4.78 is 29.2. The molecule has 2 amide bonds. The Kier molecular flexibility index (Phi) is 13.1. The summed E-state index contributed by atoms with van der Waals surface area (Å²) in [6.45, 7) is 0.745. The summed E-state index contributed by atoms with van der Waals surface area (Å²) in [6, 6.07) is 17.2. The van der Waals surface area contributed by atoms with Gasteiger partial charge in [-0.1, -0.05) is 61.4 Å². The van der Waals surface area contributed by atoms with Crippen molar-refractivity contribution in [2.45, 2.75) is 55.8 Å². The van der Waals surface area contributed by atoms with Crippen LogP contribution in [-0.2, 0) is 26.1 Å². The molecule has 0 aromatic heterocycles. The molecule has 1 unspecified atom stereocenters. The molecule has 1 fully saturated rings. The molecule has 0 spiro atoms. The van der Waals surface area contributed by atoms with Crippen molar-refractivity contribution in [1.29, 1.82) is 0 Å². The number of nitrogens with zero attached hydrogens (tertiary/aromatic N) is 1. The lowest BCUT2D eigenvalue weighted by molar-refractivity contribution is -0.143. The molecule has 2 aromatic rings. The highest BCUT2D eigenvalue weighted by molar-refractivity contribution is 7.85. The van der Waals surface area contributed by atoms with Crippen LogP contribution in [-0.4, -0.2) is 66.9 Å². The molecule has 14 heteroatoms. The maximum absolute atomic E-state index is 13.0. The van der Waals surface area contributed by atoms with Gasteiger partial charge in [0, 0.05) is 13.1 Å². The molecule has 2 aromatic carbocycles. The fraction of sp³-hybridized carbons (Fsp3) is 0.423. The zero-order chi connectivity index (χ0) is 29.6. The summed E-state index contributed by atoms with van der Waals surface area (Å²) >= 11 is 0. The molecule has 0 saturated heterocycles. The summed E-state index contributed by atoms with van der Waals surface area (Å²) in [5.41, 5.74) is 10.5. The standard InChI is InChI=1S/C20H32BN5O4.C6H6O3S/c22-19(23)25-13-6-9-16(21(29)30)26-18(28)20(11-4-5-12-20)17(27)24-14-10-15-7-2-1-3-8-15;7-10(8,9)6-4-2-1-3-5-6/h1-3,7-8,16,29-30H,4-6,9-14H2,(H,24,27)(H,26,28)(H4,22,23,25);1-5H,(H,7,8,9). The molecule has 0 radical (unpaired) electrons. The van der Waals surface area contributed by atoms with Crippen LogP contribution in [0.3, 0.4) is 0 Å². The first-order valence-corrected chi connectivity index (χ1v) is 14.5. The second-order valence-electron chi connectivity index (χ2n) is 9.51. The third-order valence-corrected chi connectivity index (χ3v) is 7.42. The Morgan fingerprint density at radius 1 is 0.975 bits per heavy atom. The van der Waals surface area contributed by atoms with E-state index in [4.69, 9.17) is 16.0 Å². The number of amides is 2. The smallest absolute Gasteiger partial charge is 0.426 e. The minimum absolute atomic E-state index is 0.0442. The zero-order valence-corrected chi connectivity index (χ0v) is 23.1. The number of carbonyl (C=O) groups excluding carboxylic acids is 2. The minimum atomic E-state index is -4.00. The average Bonchev–Trinajstić information content (AvgIpc) is 3.43. The minimum Gasteiger partial charge on any atom is -0.426 e. The third-order valence-electron chi connectivity index (χ3n) is 6.55. The molecule has 1 saturated carbocycles. The Labute approximate surface area is 235 Å². The first-order chi connectivity index (χ1) is 19.0. The third kappa shape index (κ3) is 10.6. The molecule has 1 aliphatic carbocycles. The lowest BCUT2D eigenvalue weighted by Crippen LogP contribution is -2.56. The molecule has 0 heterocycles. The van der Waals surface area contributed by atoms with Crippen LogP contribution in [0.5, 0.6) is 0 Å². The van der Waals surface area contributed by atoms with Gasteiger partial charge in [-0.15, -0.1) is 0 Å². The van der Waals surface area contributed by atoms with E-state index >= 15 is 0 Å². The van der Waals surface area contributed by atoms with E-state index in [0.717, 1.165) is 18.4 Å². The number of nitrogens with one attached hydrogen (secondary N) is 2. The topological polar surface area (TPSA) is 217 Å². The fourth-order valence-corrected chi connectivity index (χ4v) is 4.89. The van der Waals surface area contributed by atoms with Crippen molar-refractivity contribution in [3.05, 3.63) is 66.2 Å². The second kappa shape index (κ2) is 16.0. The summed E-state index contributed by atoms with van der Waals surface area (Å²) in [5.74, 6) is -1.71. The van der Waals surface area contributed by atoms with Crippen LogP contribution in [0.2, 0.25) is 0 Å². The van der Waals surface area contributed by atoms with Gasteiger partial charge >= 0.3 is 7.12 Å². The van der Waals surface area contributed by atoms with Gasteiger partial charge in [-0.3, -0.25) is 19.1 Å². The van der Waals surface area contributed by atoms with Gasteiger partial charge < -0.3 is 32.1 Å². The molecule has 0 bridgehead atoms. The Morgan fingerprint density at radius 3 is 2.05 bits per heavy atom. The Balaban J connectivity index is 0.000000469. The predicted molar refractivity (Wildman–Crippen MR) is 152 cm³/mol. The van der Waals surface area contributed by atoms with Crippen molar-refractivity contribution in [1.82, 2.24) is 10.6 Å². The van der Waals surface area contributed by atoms with Gasteiger partial charge in [0.1, 0.15) is 5.41 Å². The highest BCUT2D eigenvalue weighted by Gasteiger charge is 2.48. The number of nitrogens with two attached hydrogens (primary N) is 2. The van der Waals surface area contributed by atoms with Gasteiger partial charge in [0.25, 0.3) is 10.1 Å². The molecule has 40 heavy (non-hydrogen) atoms. The van der Waals surface area contributed by atoms with E-state index in [1.165, 1.54) is 12.1 Å². The van der Waals surface area contributed by atoms with Crippen molar-refractivity contribution in [2.75, 3.05) is 13.1 Å². The van der Waals surface area contributed by atoms with E-state index < -0.39 is 34.5 Å². The van der Waals surface area contributed by atoms with Gasteiger partial charge in [0.05, 0.1) is 10.8 Å². The lowest BCUT2D eigenvalue weighted by Gasteiger charge is -2.29. The molecule has 218 valence electrons. The summed E-state index contributed by atoms with van der Waals surface area (Å²) in [4.78, 5) is 29.8. The van der Waals surface area contributed by atoms with Crippen LogP contribution in [0, 0.1) is 5.41 Å². The molecule has 3 rings (SSSR count). The number of guanidine groups is 1. The van der Waals surface area contributed by atoms with Gasteiger partial charge in [0.15, 0.2) is 5.96 Å². The molecule has 0 aliphatic heterocycles. The van der Waals surface area contributed by atoms with Crippen LogP contribution in [0.4, 0.5) is 0 Å². The van der Waals surface area contributed by atoms with E-state index in [1.54, 1.807) is 18.2 Å². The van der Waals surface area contributed by atoms with Gasteiger partial charge in [-0.2, -0.15) is 8.42 Å². The number of hydrogen-bond acceptors (Lipinski definition) is 7. The molecular weight excluding hydrogens is 537 g/mol. The fourth-order valence-electron chi connectivity index (χ4n) is 4.38. The first kappa shape index (κ1) is 32.8. The molecule has 9 N–H and O–H groups in total. The molecule has 1 atom stereocenters. The second-order valence-corrected chi connectivity index (χ2v) is 10.9. The Hall–Kier alpha value is -3.46. The van der Waals surface area contributed by atoms with E-state index in [9.17, 15) is 28.1 Å². The highest BCUT2D eigenvalue weighted by Crippen LogP contribution is 2.39. The van der Waals surface area contributed by atoms with Crippen LogP contribution < -0.4 is 22.1 Å². The van der Waals surface area contributed by atoms with Gasteiger partial charge in [-0.05, 0) is 49.8 Å². The van der Waals surface area contributed by atoms with Gasteiger partial charge in [0.2, 0.25) is 11.8 Å².